The third-order valence-electron chi connectivity index (χ3n) is 9.77. The van der Waals surface area contributed by atoms with Gasteiger partial charge in [-0.1, -0.05) is 111 Å². The maximum atomic E-state index is 5.13. The van der Waals surface area contributed by atoms with Crippen LogP contribution in [0.2, 0.25) is 0 Å². The molecule has 0 aliphatic heterocycles. The molecule has 8 aromatic rings. The smallest absolute Gasteiger partial charge is 0.161 e. The van der Waals surface area contributed by atoms with Gasteiger partial charge in [0.1, 0.15) is 0 Å². The maximum Gasteiger partial charge on any atom is 0.161 e. The van der Waals surface area contributed by atoms with Crippen molar-refractivity contribution in [3.63, 3.8) is 0 Å². The molecule has 0 fully saturated rings. The van der Waals surface area contributed by atoms with Crippen LogP contribution in [0.1, 0.15) is 25.0 Å². The monoisotopic (exact) mass is 601 g/mol. The summed E-state index contributed by atoms with van der Waals surface area (Å²) in [5.74, 6) is 0.699. The number of aromatic nitrogens is 3. The van der Waals surface area contributed by atoms with Crippen molar-refractivity contribution in [2.75, 3.05) is 0 Å². The molecule has 0 bridgehead atoms. The molecule has 0 unspecified atom stereocenters. The van der Waals surface area contributed by atoms with Crippen LogP contribution in [-0.2, 0) is 5.41 Å². The van der Waals surface area contributed by atoms with E-state index in [1.165, 1.54) is 49.5 Å². The molecule has 3 nitrogen and oxygen atoms in total. The average Bonchev–Trinajstić information content (AvgIpc) is 3.35. The molecule has 0 amide bonds. The summed E-state index contributed by atoms with van der Waals surface area (Å²) >= 11 is 0. The Kier molecular flexibility index (Phi) is 6.16. The molecule has 0 radical (unpaired) electrons. The number of rotatable bonds is 4. The molecule has 3 heteroatoms. The Morgan fingerprint density at radius 3 is 1.85 bits per heavy atom. The number of nitrogens with zero attached hydrogens (tertiary/aromatic N) is 3. The van der Waals surface area contributed by atoms with Gasteiger partial charge in [0, 0.05) is 34.5 Å². The van der Waals surface area contributed by atoms with Crippen LogP contribution < -0.4 is 0 Å². The van der Waals surface area contributed by atoms with Crippen molar-refractivity contribution in [3.05, 3.63) is 163 Å². The van der Waals surface area contributed by atoms with Gasteiger partial charge in [-0.2, -0.15) is 0 Å². The summed E-state index contributed by atoms with van der Waals surface area (Å²) in [5, 5.41) is 4.87. The minimum Gasteiger partial charge on any atom is -0.264 e. The predicted molar refractivity (Wildman–Crippen MR) is 194 cm³/mol. The number of pyridine rings is 1. The Hall–Kier alpha value is -5.93. The van der Waals surface area contributed by atoms with E-state index in [0.29, 0.717) is 5.82 Å². The van der Waals surface area contributed by atoms with E-state index >= 15 is 0 Å². The molecule has 0 saturated heterocycles. The van der Waals surface area contributed by atoms with Gasteiger partial charge in [0.25, 0.3) is 0 Å². The van der Waals surface area contributed by atoms with Gasteiger partial charge in [-0.05, 0) is 97.4 Å². The standard InChI is InChI=1S/C44H31N3/c1-44(2)39-21-18-31(24-37(39)38-23-29-13-6-7-14-30(29)25-40(38)44)33-19-20-36(35-17-9-8-16-34(33)35)43-46-41(28-11-4-3-5-12-28)26-42(47-43)32-15-10-22-45-27-32/h3-27H,1-2H3. The second kappa shape index (κ2) is 10.6. The normalized spacial score (nSPS) is 13.1. The second-order valence-corrected chi connectivity index (χ2v) is 12.9. The molecule has 47 heavy (non-hydrogen) atoms. The molecular weight excluding hydrogens is 571 g/mol. The minimum atomic E-state index is -0.0633. The van der Waals surface area contributed by atoms with Crippen LogP contribution in [0.4, 0.5) is 0 Å². The van der Waals surface area contributed by atoms with Crippen molar-refractivity contribution >= 4 is 21.5 Å². The molecule has 1 aliphatic carbocycles. The zero-order chi connectivity index (χ0) is 31.5. The molecular formula is C44H31N3. The number of fused-ring (bicyclic) bond motifs is 5. The molecule has 0 saturated carbocycles. The lowest BCUT2D eigenvalue weighted by Crippen LogP contribution is -2.14. The van der Waals surface area contributed by atoms with Gasteiger partial charge < -0.3 is 0 Å². The summed E-state index contributed by atoms with van der Waals surface area (Å²) in [5.41, 5.74) is 12.5. The van der Waals surface area contributed by atoms with Crippen LogP contribution in [-0.4, -0.2) is 15.0 Å². The molecule has 1 aliphatic rings. The first kappa shape index (κ1) is 27.4. The number of hydrogen-bond acceptors (Lipinski definition) is 3. The lowest BCUT2D eigenvalue weighted by Gasteiger charge is -2.22. The Labute approximate surface area is 274 Å². The van der Waals surface area contributed by atoms with Crippen molar-refractivity contribution in [2.45, 2.75) is 19.3 Å². The van der Waals surface area contributed by atoms with E-state index in [4.69, 9.17) is 9.97 Å². The van der Waals surface area contributed by atoms with Crippen molar-refractivity contribution < 1.29 is 0 Å². The Morgan fingerprint density at radius 2 is 1.09 bits per heavy atom. The van der Waals surface area contributed by atoms with Crippen molar-refractivity contribution in [3.8, 4) is 56.2 Å². The summed E-state index contributed by atoms with van der Waals surface area (Å²) in [4.78, 5) is 14.6. The van der Waals surface area contributed by atoms with Gasteiger partial charge in [-0.25, -0.2) is 9.97 Å². The van der Waals surface area contributed by atoms with Gasteiger partial charge in [-0.3, -0.25) is 4.98 Å². The van der Waals surface area contributed by atoms with Crippen LogP contribution in [0.3, 0.4) is 0 Å². The summed E-state index contributed by atoms with van der Waals surface area (Å²) in [6.45, 7) is 4.69. The van der Waals surface area contributed by atoms with E-state index in [2.05, 4.69) is 128 Å². The Bertz CT molecular complexity index is 2420. The maximum absolute atomic E-state index is 5.13. The van der Waals surface area contributed by atoms with E-state index in [9.17, 15) is 0 Å². The summed E-state index contributed by atoms with van der Waals surface area (Å²) < 4.78 is 0. The van der Waals surface area contributed by atoms with Crippen LogP contribution in [0, 0.1) is 0 Å². The highest BCUT2D eigenvalue weighted by Crippen LogP contribution is 2.51. The first-order valence-electron chi connectivity index (χ1n) is 16.1. The fraction of sp³-hybridized carbons (Fsp3) is 0.0682. The molecule has 0 N–H and O–H groups in total. The van der Waals surface area contributed by atoms with E-state index in [1.807, 2.05) is 36.5 Å². The highest BCUT2D eigenvalue weighted by molar-refractivity contribution is 6.05. The van der Waals surface area contributed by atoms with Crippen LogP contribution >= 0.6 is 0 Å². The van der Waals surface area contributed by atoms with Crippen molar-refractivity contribution in [1.29, 1.82) is 0 Å². The summed E-state index contributed by atoms with van der Waals surface area (Å²) in [7, 11) is 0. The third-order valence-corrected chi connectivity index (χ3v) is 9.77. The molecule has 2 heterocycles. The highest BCUT2D eigenvalue weighted by Gasteiger charge is 2.36. The third kappa shape index (κ3) is 4.46. The lowest BCUT2D eigenvalue weighted by molar-refractivity contribution is 0.661. The molecule has 0 spiro atoms. The Balaban J connectivity index is 1.22. The van der Waals surface area contributed by atoms with Gasteiger partial charge in [0.05, 0.1) is 11.4 Å². The van der Waals surface area contributed by atoms with E-state index in [0.717, 1.165) is 33.5 Å². The second-order valence-electron chi connectivity index (χ2n) is 12.9. The zero-order valence-corrected chi connectivity index (χ0v) is 26.3. The summed E-state index contributed by atoms with van der Waals surface area (Å²) in [6.07, 6.45) is 3.65. The van der Waals surface area contributed by atoms with Crippen LogP contribution in [0.5, 0.6) is 0 Å². The van der Waals surface area contributed by atoms with Gasteiger partial charge in [-0.15, -0.1) is 0 Å². The summed E-state index contributed by atoms with van der Waals surface area (Å²) in [6, 6.07) is 49.9. The van der Waals surface area contributed by atoms with Crippen LogP contribution in [0.15, 0.2) is 152 Å². The minimum absolute atomic E-state index is 0.0633. The topological polar surface area (TPSA) is 38.7 Å². The van der Waals surface area contributed by atoms with Gasteiger partial charge in [0.15, 0.2) is 5.82 Å². The largest absolute Gasteiger partial charge is 0.264 e. The molecule has 0 atom stereocenters. The molecule has 222 valence electrons. The Morgan fingerprint density at radius 1 is 0.447 bits per heavy atom. The van der Waals surface area contributed by atoms with Crippen molar-refractivity contribution in [1.82, 2.24) is 15.0 Å². The molecule has 2 aromatic heterocycles. The first-order chi connectivity index (χ1) is 23.0. The van der Waals surface area contributed by atoms with Crippen LogP contribution in [0.25, 0.3) is 77.7 Å². The fourth-order valence-electron chi connectivity index (χ4n) is 7.34. The average molecular weight is 602 g/mol. The molecule has 9 rings (SSSR count). The highest BCUT2D eigenvalue weighted by atomic mass is 14.9. The van der Waals surface area contributed by atoms with E-state index in [1.54, 1.807) is 6.20 Å². The van der Waals surface area contributed by atoms with E-state index in [-0.39, 0.29) is 5.41 Å². The van der Waals surface area contributed by atoms with E-state index < -0.39 is 0 Å². The SMILES string of the molecule is CC1(C)c2ccc(-c3ccc(-c4nc(-c5ccccc5)cc(-c5cccnc5)n4)c4ccccc34)cc2-c2cc3ccccc3cc21. The number of benzene rings is 6. The zero-order valence-electron chi connectivity index (χ0n) is 26.3. The van der Waals surface area contributed by atoms with Gasteiger partial charge >= 0.3 is 0 Å². The lowest BCUT2D eigenvalue weighted by atomic mass is 9.81. The number of hydrogen-bond donors (Lipinski definition) is 0. The quantitative estimate of drug-likeness (QED) is 0.201. The molecule has 6 aromatic carbocycles. The predicted octanol–water partition coefficient (Wildman–Crippen LogP) is 11.2. The van der Waals surface area contributed by atoms with Gasteiger partial charge in [0.2, 0.25) is 0 Å². The first-order valence-corrected chi connectivity index (χ1v) is 16.1. The van der Waals surface area contributed by atoms with Crippen molar-refractivity contribution in [2.24, 2.45) is 0 Å². The fourth-order valence-corrected chi connectivity index (χ4v) is 7.34.